The molecular formula is C32H37N3O6. The van der Waals surface area contributed by atoms with Crippen LogP contribution in [-0.4, -0.2) is 60.1 Å². The summed E-state index contributed by atoms with van der Waals surface area (Å²) in [5.41, 5.74) is 3.61. The molecule has 7 atom stereocenters. The van der Waals surface area contributed by atoms with Crippen LogP contribution in [0.1, 0.15) is 67.6 Å². The molecule has 3 heterocycles. The summed E-state index contributed by atoms with van der Waals surface area (Å²) in [6.07, 6.45) is 9.33. The number of amides is 1. The van der Waals surface area contributed by atoms with Gasteiger partial charge in [-0.05, 0) is 73.8 Å². The molecule has 6 aliphatic rings. The van der Waals surface area contributed by atoms with Gasteiger partial charge in [-0.2, -0.15) is 5.10 Å². The highest BCUT2D eigenvalue weighted by atomic mass is 16.9. The zero-order valence-corrected chi connectivity index (χ0v) is 23.9. The Morgan fingerprint density at radius 1 is 1.12 bits per heavy atom. The number of nitrogens with one attached hydrogen (secondary N) is 1. The van der Waals surface area contributed by atoms with Gasteiger partial charge in [0, 0.05) is 42.0 Å². The Kier molecular flexibility index (Phi) is 5.42. The predicted molar refractivity (Wildman–Crippen MR) is 148 cm³/mol. The minimum Gasteiger partial charge on any atom is -0.355 e. The third-order valence-electron chi connectivity index (χ3n) is 11.7. The zero-order valence-electron chi connectivity index (χ0n) is 23.9. The Bertz CT molecular complexity index is 1490. The number of benzene rings is 1. The topological polar surface area (TPSA) is 101 Å². The second-order valence-electron chi connectivity index (χ2n) is 13.4. The summed E-state index contributed by atoms with van der Waals surface area (Å²) in [6, 6.07) is 7.50. The van der Waals surface area contributed by atoms with Gasteiger partial charge >= 0.3 is 0 Å². The number of hydrogen-bond acceptors (Lipinski definition) is 7. The SMILES string of the molecule is CNC(=O)c1cccc(-n2cc3c(n2)C=C2CC[C@@H]4[C@H](C(=O)C[C@@]5(C)[C@H]4CC[C@@]54OCOC45COCO5)[C@@]2(C)C3)c1. The van der Waals surface area contributed by atoms with E-state index in [1.54, 1.807) is 13.1 Å². The van der Waals surface area contributed by atoms with Gasteiger partial charge in [-0.1, -0.05) is 25.5 Å². The number of ether oxygens (including phenoxy) is 4. The summed E-state index contributed by atoms with van der Waals surface area (Å²) in [5.74, 6) is -0.115. The normalized spacial score (nSPS) is 40.7. The van der Waals surface area contributed by atoms with Crippen molar-refractivity contribution in [1.82, 2.24) is 15.1 Å². The van der Waals surface area contributed by atoms with Crippen LogP contribution in [0, 0.1) is 28.6 Å². The van der Waals surface area contributed by atoms with Gasteiger partial charge in [-0.3, -0.25) is 9.59 Å². The lowest BCUT2D eigenvalue weighted by Crippen LogP contribution is -2.65. The van der Waals surface area contributed by atoms with Gasteiger partial charge in [0.2, 0.25) is 5.79 Å². The van der Waals surface area contributed by atoms with Crippen LogP contribution in [0.3, 0.4) is 0 Å². The van der Waals surface area contributed by atoms with Gasteiger partial charge in [-0.25, -0.2) is 4.68 Å². The van der Waals surface area contributed by atoms with Gasteiger partial charge in [0.1, 0.15) is 18.0 Å². The number of fused-ring (bicyclic) bond motifs is 8. The van der Waals surface area contributed by atoms with E-state index in [1.165, 1.54) is 5.57 Å². The van der Waals surface area contributed by atoms with Crippen molar-refractivity contribution < 1.29 is 28.5 Å². The molecule has 0 radical (unpaired) electrons. The standard InChI is InChI=1S/C32H37N3O6/c1-29-13-20-15-35(22-6-4-5-19(11-22)28(37)33-3)34-25(20)12-21(29)7-8-23-24-9-10-31(30(24,2)14-26(36)27(23)29)32(41-18-39-31)16-38-17-40-32/h4-6,11-12,15,23-24,27H,7-10,13-14,16-18H2,1-3H3,(H,33,37)/t23-,24-,27+,29-,30-,31+,32?/m0/s1. The zero-order chi connectivity index (χ0) is 28.2. The molecule has 1 unspecified atom stereocenters. The highest BCUT2D eigenvalue weighted by molar-refractivity contribution is 5.94. The molecule has 4 aliphatic carbocycles. The van der Waals surface area contributed by atoms with E-state index in [-0.39, 0.29) is 42.2 Å². The monoisotopic (exact) mass is 559 g/mol. The number of rotatable bonds is 2. The van der Waals surface area contributed by atoms with Crippen LogP contribution in [0.2, 0.25) is 0 Å². The van der Waals surface area contributed by atoms with Crippen LogP contribution < -0.4 is 5.32 Å². The van der Waals surface area contributed by atoms with Crippen molar-refractivity contribution in [2.45, 2.75) is 63.8 Å². The second-order valence-corrected chi connectivity index (χ2v) is 13.4. The summed E-state index contributed by atoms with van der Waals surface area (Å²) in [6.45, 7) is 5.28. The van der Waals surface area contributed by atoms with E-state index < -0.39 is 11.4 Å². The first-order chi connectivity index (χ1) is 19.7. The Balaban J connectivity index is 1.13. The largest absolute Gasteiger partial charge is 0.355 e. The van der Waals surface area contributed by atoms with Crippen molar-refractivity contribution >= 4 is 17.8 Å². The Morgan fingerprint density at radius 2 is 1.98 bits per heavy atom. The summed E-state index contributed by atoms with van der Waals surface area (Å²) < 4.78 is 26.2. The predicted octanol–water partition coefficient (Wildman–Crippen LogP) is 4.04. The van der Waals surface area contributed by atoms with Crippen LogP contribution in [0.5, 0.6) is 0 Å². The van der Waals surface area contributed by atoms with Crippen LogP contribution in [0.4, 0.5) is 0 Å². The van der Waals surface area contributed by atoms with Gasteiger partial charge in [-0.15, -0.1) is 0 Å². The fourth-order valence-corrected chi connectivity index (χ4v) is 9.92. The van der Waals surface area contributed by atoms with Crippen molar-refractivity contribution in [1.29, 1.82) is 0 Å². The van der Waals surface area contributed by atoms with Crippen molar-refractivity contribution in [2.75, 3.05) is 27.2 Å². The lowest BCUT2D eigenvalue weighted by Gasteiger charge is -2.59. The minimum absolute atomic E-state index is 0.0391. The lowest BCUT2D eigenvalue weighted by molar-refractivity contribution is -0.246. The average molecular weight is 560 g/mol. The quantitative estimate of drug-likeness (QED) is 0.593. The number of aromatic nitrogens is 2. The number of allylic oxidation sites excluding steroid dienone is 1. The maximum Gasteiger partial charge on any atom is 0.251 e. The molecular weight excluding hydrogens is 522 g/mol. The summed E-state index contributed by atoms with van der Waals surface area (Å²) in [4.78, 5) is 26.6. The van der Waals surface area contributed by atoms with Gasteiger partial charge in [0.15, 0.2) is 13.6 Å². The van der Waals surface area contributed by atoms with E-state index in [0.29, 0.717) is 30.3 Å². The first-order valence-electron chi connectivity index (χ1n) is 14.9. The van der Waals surface area contributed by atoms with Gasteiger partial charge < -0.3 is 24.3 Å². The molecule has 3 saturated carbocycles. The lowest BCUT2D eigenvalue weighted by atomic mass is 9.45. The number of carbonyl (C=O) groups excluding carboxylic acids is 2. The average Bonchev–Trinajstić information content (AvgIpc) is 3.74. The van der Waals surface area contributed by atoms with Crippen LogP contribution in [-0.2, 0) is 30.2 Å². The van der Waals surface area contributed by atoms with Crippen molar-refractivity contribution in [2.24, 2.45) is 28.6 Å². The smallest absolute Gasteiger partial charge is 0.251 e. The maximum absolute atomic E-state index is 14.4. The molecule has 2 spiro atoms. The van der Waals surface area contributed by atoms with Crippen LogP contribution in [0.15, 0.2) is 36.0 Å². The first kappa shape index (κ1) is 25.8. The van der Waals surface area contributed by atoms with Gasteiger partial charge in [0.05, 0.1) is 11.4 Å². The third-order valence-corrected chi connectivity index (χ3v) is 11.7. The summed E-state index contributed by atoms with van der Waals surface area (Å²) in [7, 11) is 1.63. The molecule has 2 saturated heterocycles. The van der Waals surface area contributed by atoms with E-state index in [2.05, 4.69) is 31.4 Å². The Morgan fingerprint density at radius 3 is 2.78 bits per heavy atom. The molecule has 2 aromatic rings. The van der Waals surface area contributed by atoms with E-state index in [9.17, 15) is 9.59 Å². The highest BCUT2D eigenvalue weighted by Crippen LogP contribution is 2.70. The van der Waals surface area contributed by atoms with Crippen molar-refractivity contribution in [3.63, 3.8) is 0 Å². The van der Waals surface area contributed by atoms with E-state index in [0.717, 1.165) is 49.0 Å². The molecule has 9 nitrogen and oxygen atoms in total. The van der Waals surface area contributed by atoms with Crippen LogP contribution >= 0.6 is 0 Å². The number of hydrogen-bond donors (Lipinski definition) is 1. The summed E-state index contributed by atoms with van der Waals surface area (Å²) in [5, 5.41) is 7.60. The molecule has 2 aliphatic heterocycles. The molecule has 0 bridgehead atoms. The van der Waals surface area contributed by atoms with E-state index in [1.807, 2.05) is 22.9 Å². The Hall–Kier alpha value is -2.85. The highest BCUT2D eigenvalue weighted by Gasteiger charge is 2.76. The maximum atomic E-state index is 14.4. The third kappa shape index (κ3) is 3.23. The number of Topliss-reactive ketones (excluding diaryl/α,β-unsaturated/α-hetero) is 1. The number of carbonyl (C=O) groups is 2. The van der Waals surface area contributed by atoms with Crippen molar-refractivity contribution in [3.8, 4) is 5.69 Å². The molecule has 216 valence electrons. The number of ketones is 1. The molecule has 8 rings (SSSR count). The summed E-state index contributed by atoms with van der Waals surface area (Å²) >= 11 is 0. The molecule has 41 heavy (non-hydrogen) atoms. The number of nitrogens with zero attached hydrogens (tertiary/aromatic N) is 2. The molecule has 9 heteroatoms. The molecule has 5 fully saturated rings. The minimum atomic E-state index is -0.920. The molecule has 1 aromatic carbocycles. The van der Waals surface area contributed by atoms with E-state index in [4.69, 9.17) is 24.0 Å². The van der Waals surface area contributed by atoms with Crippen LogP contribution in [0.25, 0.3) is 11.8 Å². The first-order valence-corrected chi connectivity index (χ1v) is 14.9. The van der Waals surface area contributed by atoms with E-state index >= 15 is 0 Å². The Labute approximate surface area is 239 Å². The van der Waals surface area contributed by atoms with Crippen molar-refractivity contribution in [3.05, 3.63) is 52.9 Å². The fraction of sp³-hybridized carbons (Fsp3) is 0.594. The van der Waals surface area contributed by atoms with Gasteiger partial charge in [0.25, 0.3) is 5.91 Å². The molecule has 1 aromatic heterocycles. The fourth-order valence-electron chi connectivity index (χ4n) is 9.92. The molecule has 1 amide bonds. The molecule has 1 N–H and O–H groups in total. The second kappa shape index (κ2) is 8.60.